The van der Waals surface area contributed by atoms with Crippen molar-refractivity contribution in [3.8, 4) is 0 Å². The van der Waals surface area contributed by atoms with E-state index >= 15 is 0 Å². The van der Waals surface area contributed by atoms with E-state index in [0.29, 0.717) is 12.3 Å². The van der Waals surface area contributed by atoms with Crippen LogP contribution in [0.25, 0.3) is 0 Å². The monoisotopic (exact) mass is 363 g/mol. The third-order valence-electron chi connectivity index (χ3n) is 3.75. The van der Waals surface area contributed by atoms with E-state index in [4.69, 9.17) is 14.7 Å². The number of amides is 2. The van der Waals surface area contributed by atoms with Crippen LogP contribution in [-0.2, 0) is 16.1 Å². The highest BCUT2D eigenvalue weighted by molar-refractivity contribution is 5.94. The summed E-state index contributed by atoms with van der Waals surface area (Å²) in [5.74, 6) is -0.295. The molecule has 142 valence electrons. The normalized spacial score (nSPS) is 18.7. The highest BCUT2D eigenvalue weighted by Crippen LogP contribution is 2.17. The van der Waals surface area contributed by atoms with Gasteiger partial charge >= 0.3 is 12.2 Å². The molecule has 0 saturated carbocycles. The van der Waals surface area contributed by atoms with Gasteiger partial charge in [0.2, 0.25) is 0 Å². The Kier molecular flexibility index (Phi) is 6.43. The number of rotatable bonds is 4. The summed E-state index contributed by atoms with van der Waals surface area (Å²) >= 11 is 0. The van der Waals surface area contributed by atoms with E-state index in [-0.39, 0.29) is 25.6 Å². The van der Waals surface area contributed by atoms with Crippen LogP contribution in [0.3, 0.4) is 0 Å². The first kappa shape index (κ1) is 19.6. The summed E-state index contributed by atoms with van der Waals surface area (Å²) in [6, 6.07) is 9.34. The number of nitrogens with one attached hydrogen (secondary N) is 1. The Labute approximate surface area is 152 Å². The minimum atomic E-state index is -0.606. The summed E-state index contributed by atoms with van der Waals surface area (Å²) in [5.41, 5.74) is 0.696. The summed E-state index contributed by atoms with van der Waals surface area (Å²) in [4.78, 5) is 25.4. The molecule has 2 rings (SSSR count). The minimum absolute atomic E-state index is 0.164. The molecule has 8 heteroatoms. The number of hydrogen-bond donors (Lipinski definition) is 2. The van der Waals surface area contributed by atoms with Crippen LogP contribution in [0, 0.1) is 5.92 Å². The highest BCUT2D eigenvalue weighted by atomic mass is 16.6. The predicted molar refractivity (Wildman–Crippen MR) is 95.1 cm³/mol. The SMILES string of the molecule is CC(C)(C)OC(=O)N1CC(=NO)[C@H](CNC(=O)OCc2ccccc2)C1. The van der Waals surface area contributed by atoms with Crippen molar-refractivity contribution >= 4 is 17.9 Å². The number of hydrogen-bond acceptors (Lipinski definition) is 6. The maximum absolute atomic E-state index is 12.1. The first-order chi connectivity index (χ1) is 12.3. The average Bonchev–Trinajstić information content (AvgIpc) is 3.01. The summed E-state index contributed by atoms with van der Waals surface area (Å²) in [7, 11) is 0. The fraction of sp³-hybridized carbons (Fsp3) is 0.500. The summed E-state index contributed by atoms with van der Waals surface area (Å²) < 4.78 is 10.5. The Morgan fingerprint density at radius 3 is 2.62 bits per heavy atom. The molecule has 8 nitrogen and oxygen atoms in total. The molecule has 0 radical (unpaired) electrons. The predicted octanol–water partition coefficient (Wildman–Crippen LogP) is 2.61. The maximum Gasteiger partial charge on any atom is 0.410 e. The molecule has 1 fully saturated rings. The maximum atomic E-state index is 12.1. The Hall–Kier alpha value is -2.77. The number of likely N-dealkylation sites (tertiary alicyclic amines) is 1. The van der Waals surface area contributed by atoms with Crippen LogP contribution in [0.1, 0.15) is 26.3 Å². The van der Waals surface area contributed by atoms with E-state index in [1.807, 2.05) is 30.3 Å². The average molecular weight is 363 g/mol. The number of carbonyl (C=O) groups excluding carboxylic acids is 2. The molecule has 26 heavy (non-hydrogen) atoms. The third-order valence-corrected chi connectivity index (χ3v) is 3.75. The van der Waals surface area contributed by atoms with Crippen LogP contribution in [0.4, 0.5) is 9.59 Å². The molecule has 0 aliphatic carbocycles. The Morgan fingerprint density at radius 2 is 2.00 bits per heavy atom. The largest absolute Gasteiger partial charge is 0.445 e. The summed E-state index contributed by atoms with van der Waals surface area (Å²) in [5, 5.41) is 15.0. The van der Waals surface area contributed by atoms with Gasteiger partial charge in [0.1, 0.15) is 12.2 Å². The molecule has 1 aromatic carbocycles. The molecule has 0 unspecified atom stereocenters. The quantitative estimate of drug-likeness (QED) is 0.633. The molecule has 1 heterocycles. The van der Waals surface area contributed by atoms with Crippen LogP contribution in [0.5, 0.6) is 0 Å². The molecule has 0 bridgehead atoms. The second kappa shape index (κ2) is 8.55. The number of alkyl carbamates (subject to hydrolysis) is 1. The smallest absolute Gasteiger partial charge is 0.410 e. The van der Waals surface area contributed by atoms with E-state index in [0.717, 1.165) is 5.56 Å². The van der Waals surface area contributed by atoms with Crippen molar-refractivity contribution in [3.63, 3.8) is 0 Å². The van der Waals surface area contributed by atoms with Gasteiger partial charge in [-0.15, -0.1) is 0 Å². The van der Waals surface area contributed by atoms with E-state index in [1.54, 1.807) is 20.8 Å². The van der Waals surface area contributed by atoms with Crippen LogP contribution in [0.15, 0.2) is 35.5 Å². The van der Waals surface area contributed by atoms with Crippen LogP contribution >= 0.6 is 0 Å². The lowest BCUT2D eigenvalue weighted by Gasteiger charge is -2.24. The molecular formula is C18H25N3O5. The van der Waals surface area contributed by atoms with E-state index in [1.165, 1.54) is 4.90 Å². The number of oxime groups is 1. The molecule has 2 amide bonds. The van der Waals surface area contributed by atoms with Gasteiger partial charge in [0, 0.05) is 19.0 Å². The van der Waals surface area contributed by atoms with Crippen LogP contribution in [0.2, 0.25) is 0 Å². The Balaban J connectivity index is 1.80. The second-order valence-electron chi connectivity index (χ2n) is 7.09. The van der Waals surface area contributed by atoms with Gasteiger partial charge in [0.25, 0.3) is 0 Å². The van der Waals surface area contributed by atoms with E-state index in [9.17, 15) is 9.59 Å². The fourth-order valence-corrected chi connectivity index (χ4v) is 2.50. The van der Waals surface area contributed by atoms with Crippen molar-refractivity contribution in [1.29, 1.82) is 0 Å². The molecule has 1 aromatic rings. The zero-order valence-electron chi connectivity index (χ0n) is 15.3. The number of benzene rings is 1. The molecular weight excluding hydrogens is 338 g/mol. The zero-order valence-corrected chi connectivity index (χ0v) is 15.3. The summed E-state index contributed by atoms with van der Waals surface area (Å²) in [6.45, 7) is 6.18. The Morgan fingerprint density at radius 1 is 1.31 bits per heavy atom. The minimum Gasteiger partial charge on any atom is -0.445 e. The van der Waals surface area contributed by atoms with Crippen molar-refractivity contribution in [2.75, 3.05) is 19.6 Å². The standard InChI is InChI=1S/C18H25N3O5/c1-18(2,3)26-17(23)21-10-14(15(11-21)20-24)9-19-16(22)25-12-13-7-5-4-6-8-13/h4-8,14,24H,9-12H2,1-3H3,(H,19,22)/t14-/m1/s1. The first-order valence-corrected chi connectivity index (χ1v) is 8.42. The van der Waals surface area contributed by atoms with Crippen molar-refractivity contribution in [1.82, 2.24) is 10.2 Å². The van der Waals surface area contributed by atoms with E-state index in [2.05, 4.69) is 10.5 Å². The zero-order chi connectivity index (χ0) is 19.2. The van der Waals surface area contributed by atoms with Gasteiger partial charge in [-0.05, 0) is 26.3 Å². The lowest BCUT2D eigenvalue weighted by Crippen LogP contribution is -2.36. The third kappa shape index (κ3) is 5.94. The molecule has 1 saturated heterocycles. The summed E-state index contributed by atoms with van der Waals surface area (Å²) in [6.07, 6.45) is -1.05. The van der Waals surface area contributed by atoms with Gasteiger partial charge in [-0.25, -0.2) is 9.59 Å². The lowest BCUT2D eigenvalue weighted by atomic mass is 10.1. The topological polar surface area (TPSA) is 100 Å². The molecule has 1 atom stereocenters. The molecule has 0 aromatic heterocycles. The number of carbonyl (C=O) groups is 2. The number of nitrogens with zero attached hydrogens (tertiary/aromatic N) is 2. The van der Waals surface area contributed by atoms with E-state index < -0.39 is 17.8 Å². The van der Waals surface area contributed by atoms with Gasteiger partial charge in [-0.2, -0.15) is 0 Å². The highest BCUT2D eigenvalue weighted by Gasteiger charge is 2.35. The second-order valence-corrected chi connectivity index (χ2v) is 7.09. The van der Waals surface area contributed by atoms with Gasteiger partial charge in [0.05, 0.1) is 12.3 Å². The van der Waals surface area contributed by atoms with Crippen molar-refractivity contribution in [2.45, 2.75) is 33.0 Å². The van der Waals surface area contributed by atoms with Crippen LogP contribution in [-0.4, -0.2) is 53.2 Å². The molecule has 1 aliphatic rings. The van der Waals surface area contributed by atoms with Gasteiger partial charge in [-0.3, -0.25) is 0 Å². The molecule has 1 aliphatic heterocycles. The molecule has 0 spiro atoms. The van der Waals surface area contributed by atoms with Crippen molar-refractivity contribution in [2.24, 2.45) is 11.1 Å². The Bertz CT molecular complexity index is 655. The lowest BCUT2D eigenvalue weighted by molar-refractivity contribution is 0.0292. The first-order valence-electron chi connectivity index (χ1n) is 8.42. The van der Waals surface area contributed by atoms with Gasteiger partial charge in [0.15, 0.2) is 0 Å². The van der Waals surface area contributed by atoms with Crippen molar-refractivity contribution < 1.29 is 24.3 Å². The van der Waals surface area contributed by atoms with Crippen molar-refractivity contribution in [3.05, 3.63) is 35.9 Å². The fourth-order valence-electron chi connectivity index (χ4n) is 2.50. The molecule has 2 N–H and O–H groups in total. The van der Waals surface area contributed by atoms with Crippen LogP contribution < -0.4 is 5.32 Å². The number of ether oxygens (including phenoxy) is 2. The van der Waals surface area contributed by atoms with Gasteiger partial charge in [-0.1, -0.05) is 35.5 Å². The van der Waals surface area contributed by atoms with Gasteiger partial charge < -0.3 is 24.9 Å².